The summed E-state index contributed by atoms with van der Waals surface area (Å²) < 4.78 is 32.6. The van der Waals surface area contributed by atoms with E-state index >= 15 is 0 Å². The molecule has 17 heavy (non-hydrogen) atoms. The molecule has 1 aliphatic carbocycles. The Balaban J connectivity index is 2.41. The van der Waals surface area contributed by atoms with E-state index in [1.165, 1.54) is 19.2 Å². The quantitative estimate of drug-likeness (QED) is 0.883. The van der Waals surface area contributed by atoms with Crippen molar-refractivity contribution >= 4 is 0 Å². The molecule has 0 unspecified atom stereocenters. The third-order valence-corrected chi connectivity index (χ3v) is 3.90. The fraction of sp³-hybridized carbons (Fsp3) is 0.538. The van der Waals surface area contributed by atoms with E-state index in [0.29, 0.717) is 6.54 Å². The molecule has 1 aromatic carbocycles. The number of hydrogen-bond acceptors (Lipinski definition) is 2. The molecule has 0 heterocycles. The van der Waals surface area contributed by atoms with Gasteiger partial charge in [-0.3, -0.25) is 0 Å². The molecule has 0 radical (unpaired) electrons. The van der Waals surface area contributed by atoms with Gasteiger partial charge in [0, 0.05) is 17.7 Å². The van der Waals surface area contributed by atoms with Crippen LogP contribution in [-0.2, 0) is 0 Å². The van der Waals surface area contributed by atoms with Crippen molar-refractivity contribution in [2.45, 2.75) is 19.8 Å². The smallest absolute Gasteiger partial charge is 0.133 e. The fourth-order valence-corrected chi connectivity index (χ4v) is 2.73. The lowest BCUT2D eigenvalue weighted by molar-refractivity contribution is 0.404. The van der Waals surface area contributed by atoms with Gasteiger partial charge in [-0.05, 0) is 23.8 Å². The monoisotopic (exact) mass is 241 g/mol. The molecule has 2 atom stereocenters. The Kier molecular flexibility index (Phi) is 2.86. The zero-order valence-corrected chi connectivity index (χ0v) is 10.3. The van der Waals surface area contributed by atoms with E-state index in [2.05, 4.69) is 0 Å². The van der Waals surface area contributed by atoms with E-state index in [0.717, 1.165) is 0 Å². The molecule has 2 nitrogen and oxygen atoms in total. The second-order valence-corrected chi connectivity index (χ2v) is 5.15. The first-order chi connectivity index (χ1) is 7.93. The standard InChI is InChI=1S/C13H17F2NO/c1-13(2)8(6-16)12(13)11-9(14)4-7(17-3)5-10(11)15/h4-5,8,12H,6,16H2,1-3H3/t8-,12+/m1/s1. The number of benzene rings is 1. The minimum atomic E-state index is -0.545. The van der Waals surface area contributed by atoms with Crippen LogP contribution in [0.25, 0.3) is 0 Å². The average molecular weight is 241 g/mol. The van der Waals surface area contributed by atoms with Gasteiger partial charge in [-0.15, -0.1) is 0 Å². The molecule has 0 aliphatic heterocycles. The van der Waals surface area contributed by atoms with Gasteiger partial charge in [-0.2, -0.15) is 0 Å². The fourth-order valence-electron chi connectivity index (χ4n) is 2.73. The third kappa shape index (κ3) is 1.80. The van der Waals surface area contributed by atoms with Gasteiger partial charge >= 0.3 is 0 Å². The minimum Gasteiger partial charge on any atom is -0.497 e. The first-order valence-electron chi connectivity index (χ1n) is 5.66. The van der Waals surface area contributed by atoms with Crippen molar-refractivity contribution in [2.75, 3.05) is 13.7 Å². The van der Waals surface area contributed by atoms with Gasteiger partial charge in [-0.1, -0.05) is 13.8 Å². The molecular weight excluding hydrogens is 224 g/mol. The van der Waals surface area contributed by atoms with Crippen LogP contribution in [-0.4, -0.2) is 13.7 Å². The maximum Gasteiger partial charge on any atom is 0.133 e. The van der Waals surface area contributed by atoms with E-state index in [9.17, 15) is 8.78 Å². The summed E-state index contributed by atoms with van der Waals surface area (Å²) in [4.78, 5) is 0. The van der Waals surface area contributed by atoms with E-state index in [1.807, 2.05) is 13.8 Å². The van der Waals surface area contributed by atoms with Crippen molar-refractivity contribution in [1.29, 1.82) is 0 Å². The highest BCUT2D eigenvalue weighted by molar-refractivity contribution is 5.38. The van der Waals surface area contributed by atoms with E-state index in [4.69, 9.17) is 10.5 Å². The molecule has 0 bridgehead atoms. The van der Waals surface area contributed by atoms with E-state index in [-0.39, 0.29) is 28.6 Å². The summed E-state index contributed by atoms with van der Waals surface area (Å²) >= 11 is 0. The maximum atomic E-state index is 13.9. The Bertz CT molecular complexity index is 422. The molecule has 1 aromatic rings. The maximum absolute atomic E-state index is 13.9. The molecule has 0 aromatic heterocycles. The van der Waals surface area contributed by atoms with Crippen LogP contribution in [0, 0.1) is 23.0 Å². The lowest BCUT2D eigenvalue weighted by Gasteiger charge is -2.08. The zero-order valence-electron chi connectivity index (χ0n) is 10.3. The summed E-state index contributed by atoms with van der Waals surface area (Å²) in [5.74, 6) is -0.892. The summed E-state index contributed by atoms with van der Waals surface area (Å²) in [5, 5.41) is 0. The molecule has 1 saturated carbocycles. The molecular formula is C13H17F2NO. The summed E-state index contributed by atoms with van der Waals surface area (Å²) in [7, 11) is 1.39. The number of ether oxygens (including phenoxy) is 1. The number of halogens is 2. The van der Waals surface area contributed by atoms with Gasteiger partial charge in [0.25, 0.3) is 0 Å². The number of methoxy groups -OCH3 is 1. The molecule has 0 spiro atoms. The summed E-state index contributed by atoms with van der Waals surface area (Å²) in [6.45, 7) is 4.42. The van der Waals surface area contributed by atoms with Crippen molar-refractivity contribution in [3.8, 4) is 5.75 Å². The van der Waals surface area contributed by atoms with Gasteiger partial charge in [0.2, 0.25) is 0 Å². The molecule has 4 heteroatoms. The molecule has 0 saturated heterocycles. The SMILES string of the molecule is COc1cc(F)c([C@@H]2[C@@H](CN)C2(C)C)c(F)c1. The number of hydrogen-bond donors (Lipinski definition) is 1. The highest BCUT2D eigenvalue weighted by Gasteiger charge is 2.59. The van der Waals surface area contributed by atoms with Crippen LogP contribution in [0.4, 0.5) is 8.78 Å². The van der Waals surface area contributed by atoms with Crippen molar-refractivity contribution in [3.05, 3.63) is 29.3 Å². The van der Waals surface area contributed by atoms with Crippen LogP contribution in [0.1, 0.15) is 25.3 Å². The second kappa shape index (κ2) is 3.95. The highest BCUT2D eigenvalue weighted by Crippen LogP contribution is 2.64. The van der Waals surface area contributed by atoms with Crippen LogP contribution >= 0.6 is 0 Å². The van der Waals surface area contributed by atoms with Gasteiger partial charge in [0.05, 0.1) is 7.11 Å². The normalized spacial score (nSPS) is 25.8. The van der Waals surface area contributed by atoms with Gasteiger partial charge in [-0.25, -0.2) is 8.78 Å². The molecule has 2 rings (SSSR count). The summed E-state index contributed by atoms with van der Waals surface area (Å²) in [6.07, 6.45) is 0. The first-order valence-corrected chi connectivity index (χ1v) is 5.66. The Morgan fingerprint density at radius 1 is 1.29 bits per heavy atom. The molecule has 94 valence electrons. The van der Waals surface area contributed by atoms with Gasteiger partial charge < -0.3 is 10.5 Å². The second-order valence-electron chi connectivity index (χ2n) is 5.15. The predicted molar refractivity (Wildman–Crippen MR) is 62.0 cm³/mol. The molecule has 1 fully saturated rings. The predicted octanol–water partition coefficient (Wildman–Crippen LogP) is 2.67. The van der Waals surface area contributed by atoms with Crippen molar-refractivity contribution in [1.82, 2.24) is 0 Å². The number of rotatable bonds is 3. The van der Waals surface area contributed by atoms with Crippen LogP contribution in [0.3, 0.4) is 0 Å². The van der Waals surface area contributed by atoms with Crippen LogP contribution in [0.15, 0.2) is 12.1 Å². The Morgan fingerprint density at radius 2 is 1.82 bits per heavy atom. The zero-order chi connectivity index (χ0) is 12.8. The summed E-state index contributed by atoms with van der Waals surface area (Å²) in [6, 6.07) is 2.45. The Morgan fingerprint density at radius 3 is 2.18 bits per heavy atom. The average Bonchev–Trinajstić information content (AvgIpc) is 2.79. The molecule has 2 N–H and O–H groups in total. The van der Waals surface area contributed by atoms with Gasteiger partial charge in [0.1, 0.15) is 17.4 Å². The van der Waals surface area contributed by atoms with E-state index in [1.54, 1.807) is 0 Å². The third-order valence-electron chi connectivity index (χ3n) is 3.90. The Hall–Kier alpha value is -1.16. The summed E-state index contributed by atoms with van der Waals surface area (Å²) in [5.41, 5.74) is 5.63. The van der Waals surface area contributed by atoms with E-state index < -0.39 is 11.6 Å². The van der Waals surface area contributed by atoms with Crippen LogP contribution in [0.2, 0.25) is 0 Å². The van der Waals surface area contributed by atoms with Crippen LogP contribution < -0.4 is 10.5 Å². The molecule has 0 amide bonds. The van der Waals surface area contributed by atoms with Gasteiger partial charge in [0.15, 0.2) is 0 Å². The first kappa shape index (κ1) is 12.3. The van der Waals surface area contributed by atoms with Crippen molar-refractivity contribution in [2.24, 2.45) is 17.1 Å². The lowest BCUT2D eigenvalue weighted by atomic mass is 10.0. The highest BCUT2D eigenvalue weighted by atomic mass is 19.1. The molecule has 1 aliphatic rings. The number of nitrogens with two attached hydrogens (primary N) is 1. The topological polar surface area (TPSA) is 35.2 Å². The largest absolute Gasteiger partial charge is 0.497 e. The van der Waals surface area contributed by atoms with Crippen LogP contribution in [0.5, 0.6) is 5.75 Å². The lowest BCUT2D eigenvalue weighted by Crippen LogP contribution is -2.05. The minimum absolute atomic E-state index is 0.134. The van der Waals surface area contributed by atoms with Crippen molar-refractivity contribution < 1.29 is 13.5 Å². The Labute approximate surface area is 99.8 Å². The van der Waals surface area contributed by atoms with Crippen molar-refractivity contribution in [3.63, 3.8) is 0 Å².